The molecule has 0 unspecified atom stereocenters. The number of anilines is 1. The molecular weight excluding hydrogens is 681 g/mol. The number of rotatable bonds is 6. The summed E-state index contributed by atoms with van der Waals surface area (Å²) in [6.07, 6.45) is -12.3. The summed E-state index contributed by atoms with van der Waals surface area (Å²) in [4.78, 5) is 28.9. The van der Waals surface area contributed by atoms with E-state index in [2.05, 4.69) is 0 Å². The normalized spacial score (nSPS) is 17.4. The summed E-state index contributed by atoms with van der Waals surface area (Å²) < 4.78 is 101. The average Bonchev–Trinajstić information content (AvgIpc) is 2.92. The van der Waals surface area contributed by atoms with E-state index in [1.165, 1.54) is 45.1 Å². The Morgan fingerprint density at radius 3 is 1.84 bits per heavy atom. The number of hydrogen-bond donors (Lipinski definition) is 0. The number of ether oxygens (including phenoxy) is 4. The molecule has 3 rings (SSSR count). The number of carbonyl (C=O) groups excluding carboxylic acids is 2. The minimum absolute atomic E-state index is 0.0106. The number of fused-ring (bicyclic) bond motifs is 1. The SMILES string of the molecule is COC(=O)N(Cc1cc(C(F)(F)F)cc(C(F)(F)F)c1)[C@H]1C[C@@H](C)N(C(=O)OC(C)(C)C(Cl)(Cl)Cl)c2cc(OC)c(OC)cc21. The zero-order chi connectivity index (χ0) is 34.3. The summed E-state index contributed by atoms with van der Waals surface area (Å²) in [5.41, 5.74) is -4.86. The molecule has 2 aromatic rings. The van der Waals surface area contributed by atoms with Crippen LogP contribution in [-0.2, 0) is 28.4 Å². The van der Waals surface area contributed by atoms with Crippen molar-refractivity contribution in [3.63, 3.8) is 0 Å². The molecule has 0 aliphatic carbocycles. The first-order chi connectivity index (χ1) is 20.5. The van der Waals surface area contributed by atoms with Crippen molar-refractivity contribution in [1.82, 2.24) is 4.90 Å². The average molecular weight is 710 g/mol. The highest BCUT2D eigenvalue weighted by molar-refractivity contribution is 6.68. The van der Waals surface area contributed by atoms with Crippen molar-refractivity contribution >= 4 is 52.7 Å². The molecule has 0 aromatic heterocycles. The van der Waals surface area contributed by atoms with Crippen LogP contribution in [-0.4, -0.2) is 53.9 Å². The molecule has 0 radical (unpaired) electrons. The maximum Gasteiger partial charge on any atom is 0.416 e. The molecule has 2 atom stereocenters. The molecular formula is C28H29Cl3F6N2O6. The van der Waals surface area contributed by atoms with Gasteiger partial charge in [0.1, 0.15) is 0 Å². The van der Waals surface area contributed by atoms with Gasteiger partial charge in [-0.1, -0.05) is 34.8 Å². The Hall–Kier alpha value is -2.97. The van der Waals surface area contributed by atoms with Gasteiger partial charge in [0, 0.05) is 24.2 Å². The molecule has 250 valence electrons. The largest absolute Gasteiger partial charge is 0.493 e. The van der Waals surface area contributed by atoms with Crippen LogP contribution in [0.5, 0.6) is 11.5 Å². The molecule has 0 spiro atoms. The molecule has 0 N–H and O–H groups in total. The lowest BCUT2D eigenvalue weighted by Gasteiger charge is -2.44. The van der Waals surface area contributed by atoms with Crippen molar-refractivity contribution in [2.75, 3.05) is 26.2 Å². The molecule has 17 heteroatoms. The lowest BCUT2D eigenvalue weighted by atomic mass is 9.90. The van der Waals surface area contributed by atoms with Crippen LogP contribution in [0.4, 0.5) is 41.6 Å². The van der Waals surface area contributed by atoms with Gasteiger partial charge in [0.05, 0.1) is 44.2 Å². The number of hydrogen-bond acceptors (Lipinski definition) is 6. The third-order valence-electron chi connectivity index (χ3n) is 7.16. The van der Waals surface area contributed by atoms with Crippen molar-refractivity contribution in [3.8, 4) is 11.5 Å². The second-order valence-corrected chi connectivity index (χ2v) is 12.9. The van der Waals surface area contributed by atoms with Crippen LogP contribution in [0.15, 0.2) is 30.3 Å². The van der Waals surface area contributed by atoms with E-state index in [1.807, 2.05) is 0 Å². The molecule has 1 heterocycles. The summed E-state index contributed by atoms with van der Waals surface area (Å²) in [5.74, 6) is 0.300. The zero-order valence-electron chi connectivity index (χ0n) is 24.7. The fourth-order valence-corrected chi connectivity index (χ4v) is 4.89. The van der Waals surface area contributed by atoms with Crippen LogP contribution in [0.3, 0.4) is 0 Å². The number of nitrogens with zero attached hydrogens (tertiary/aromatic N) is 2. The monoisotopic (exact) mass is 708 g/mol. The van der Waals surface area contributed by atoms with Crippen LogP contribution in [0, 0.1) is 0 Å². The van der Waals surface area contributed by atoms with E-state index in [9.17, 15) is 35.9 Å². The van der Waals surface area contributed by atoms with E-state index in [0.717, 1.165) is 12.0 Å². The molecule has 45 heavy (non-hydrogen) atoms. The van der Waals surface area contributed by atoms with Gasteiger partial charge < -0.3 is 18.9 Å². The Morgan fingerprint density at radius 1 is 0.889 bits per heavy atom. The van der Waals surface area contributed by atoms with Gasteiger partial charge in [-0.2, -0.15) is 26.3 Å². The maximum atomic E-state index is 13.6. The number of carbonyl (C=O) groups is 2. The predicted octanol–water partition coefficient (Wildman–Crippen LogP) is 8.94. The Bertz CT molecular complexity index is 1400. The van der Waals surface area contributed by atoms with Gasteiger partial charge >= 0.3 is 24.5 Å². The third kappa shape index (κ3) is 7.89. The first-order valence-corrected chi connectivity index (χ1v) is 14.2. The smallest absolute Gasteiger partial charge is 0.416 e. The number of halogens is 9. The summed E-state index contributed by atoms with van der Waals surface area (Å²) in [6.45, 7) is 3.59. The molecule has 2 amide bonds. The molecule has 0 saturated carbocycles. The number of benzene rings is 2. The van der Waals surface area contributed by atoms with Crippen molar-refractivity contribution in [2.45, 2.75) is 67.6 Å². The number of amides is 2. The molecule has 0 saturated heterocycles. The van der Waals surface area contributed by atoms with Crippen LogP contribution < -0.4 is 14.4 Å². The standard InChI is InChI=1S/C28H29Cl3F6N2O6/c1-14-7-19(38(23(40)44-6)13-15-8-16(26(32,33)34)10-17(9-15)27(35,36)37)18-11-21(42-4)22(43-5)12-20(18)39(14)24(41)45-25(2,3)28(29,30)31/h8-12,14,19H,7,13H2,1-6H3/t14-,19+/m1/s1. The second-order valence-electron chi connectivity index (χ2n) is 10.6. The fraction of sp³-hybridized carbons (Fsp3) is 0.500. The van der Waals surface area contributed by atoms with E-state index < -0.39 is 69.3 Å². The number of alkyl halides is 9. The molecule has 0 fully saturated rings. The van der Waals surface area contributed by atoms with E-state index in [4.69, 9.17) is 53.8 Å². The minimum Gasteiger partial charge on any atom is -0.493 e. The lowest BCUT2D eigenvalue weighted by Crippen LogP contribution is -2.51. The van der Waals surface area contributed by atoms with Crippen molar-refractivity contribution < 1.29 is 54.9 Å². The van der Waals surface area contributed by atoms with Gasteiger partial charge in [0.25, 0.3) is 0 Å². The highest BCUT2D eigenvalue weighted by atomic mass is 35.6. The third-order valence-corrected chi connectivity index (χ3v) is 8.53. The Labute approximate surface area is 270 Å². The van der Waals surface area contributed by atoms with Gasteiger partial charge in [0.15, 0.2) is 17.1 Å². The molecule has 0 bridgehead atoms. The summed E-state index contributed by atoms with van der Waals surface area (Å²) in [7, 11) is 3.65. The minimum atomic E-state index is -5.11. The predicted molar refractivity (Wildman–Crippen MR) is 154 cm³/mol. The molecule has 1 aliphatic heterocycles. The van der Waals surface area contributed by atoms with Crippen LogP contribution in [0.2, 0.25) is 0 Å². The Balaban J connectivity index is 2.21. The Morgan fingerprint density at radius 2 is 1.40 bits per heavy atom. The van der Waals surface area contributed by atoms with E-state index in [-0.39, 0.29) is 35.2 Å². The first-order valence-electron chi connectivity index (χ1n) is 13.0. The van der Waals surface area contributed by atoms with Gasteiger partial charge in [-0.05, 0) is 57.0 Å². The summed E-state index contributed by atoms with van der Waals surface area (Å²) in [5, 5.41) is 0. The van der Waals surface area contributed by atoms with Gasteiger partial charge in [-0.25, -0.2) is 9.59 Å². The van der Waals surface area contributed by atoms with Crippen LogP contribution in [0.25, 0.3) is 0 Å². The van der Waals surface area contributed by atoms with Crippen molar-refractivity contribution in [1.29, 1.82) is 0 Å². The molecule has 2 aromatic carbocycles. The van der Waals surface area contributed by atoms with E-state index >= 15 is 0 Å². The molecule has 8 nitrogen and oxygen atoms in total. The molecule has 1 aliphatic rings. The number of methoxy groups -OCH3 is 3. The Kier molecular flexibility index (Phi) is 10.6. The highest BCUT2D eigenvalue weighted by Gasteiger charge is 2.47. The van der Waals surface area contributed by atoms with Crippen molar-refractivity contribution in [3.05, 3.63) is 52.6 Å². The maximum absolute atomic E-state index is 13.6. The topological polar surface area (TPSA) is 77.5 Å². The van der Waals surface area contributed by atoms with Gasteiger partial charge in [-0.3, -0.25) is 9.80 Å². The summed E-state index contributed by atoms with van der Waals surface area (Å²) in [6, 6.07) is 2.01. The first kappa shape index (κ1) is 36.5. The van der Waals surface area contributed by atoms with E-state index in [1.54, 1.807) is 6.92 Å². The zero-order valence-corrected chi connectivity index (χ0v) is 27.0. The quantitative estimate of drug-likeness (QED) is 0.220. The van der Waals surface area contributed by atoms with Crippen LogP contribution >= 0.6 is 34.8 Å². The van der Waals surface area contributed by atoms with Gasteiger partial charge in [0.2, 0.25) is 3.79 Å². The lowest BCUT2D eigenvalue weighted by molar-refractivity contribution is -0.143. The van der Waals surface area contributed by atoms with Crippen LogP contribution in [0.1, 0.15) is 55.5 Å². The van der Waals surface area contributed by atoms with E-state index in [0.29, 0.717) is 12.1 Å². The van der Waals surface area contributed by atoms with Crippen molar-refractivity contribution in [2.24, 2.45) is 0 Å². The fourth-order valence-electron chi connectivity index (χ4n) is 4.78. The second kappa shape index (κ2) is 13.0. The van der Waals surface area contributed by atoms with Gasteiger partial charge in [-0.15, -0.1) is 0 Å². The summed E-state index contributed by atoms with van der Waals surface area (Å²) >= 11 is 18.0. The highest BCUT2D eigenvalue weighted by Crippen LogP contribution is 2.48.